The minimum absolute atomic E-state index is 0.00320. The fourth-order valence-corrected chi connectivity index (χ4v) is 3.49. The van der Waals surface area contributed by atoms with Crippen LogP contribution in [0.5, 0.6) is 0 Å². The third kappa shape index (κ3) is 6.51. The van der Waals surface area contributed by atoms with E-state index in [0.29, 0.717) is 18.8 Å². The van der Waals surface area contributed by atoms with Gasteiger partial charge in [0.15, 0.2) is 5.78 Å². The molecule has 0 aliphatic carbocycles. The number of carbonyl (C=O) groups excluding carboxylic acids is 3. The average molecular weight is 468 g/mol. The molecule has 1 aliphatic heterocycles. The van der Waals surface area contributed by atoms with Crippen LogP contribution in [-0.4, -0.2) is 41.5 Å². The molecule has 9 nitrogen and oxygen atoms in total. The van der Waals surface area contributed by atoms with Gasteiger partial charge in [0.05, 0.1) is 23.5 Å². The summed E-state index contributed by atoms with van der Waals surface area (Å²) >= 11 is 0. The Bertz CT molecular complexity index is 1150. The van der Waals surface area contributed by atoms with Crippen molar-refractivity contribution in [3.63, 3.8) is 0 Å². The number of ketones is 1. The number of nitrogens with one attached hydrogen (secondary N) is 2. The molecule has 0 radical (unpaired) electrons. The Morgan fingerprint density at radius 1 is 1.15 bits per heavy atom. The Morgan fingerprint density at radius 3 is 2.47 bits per heavy atom. The monoisotopic (exact) mass is 467 g/mol. The largest absolute Gasteiger partial charge is 0.444 e. The highest BCUT2D eigenvalue weighted by molar-refractivity contribution is 6.12. The number of halogens is 1. The van der Waals surface area contributed by atoms with Crippen LogP contribution in [0.1, 0.15) is 56.1 Å². The van der Waals surface area contributed by atoms with E-state index in [0.717, 1.165) is 18.9 Å². The minimum Gasteiger partial charge on any atom is -0.444 e. The molecule has 0 saturated carbocycles. The second-order valence-electron chi connectivity index (χ2n) is 8.86. The van der Waals surface area contributed by atoms with Crippen molar-refractivity contribution < 1.29 is 23.5 Å². The zero-order valence-electron chi connectivity index (χ0n) is 19.3. The number of Topliss-reactive ketones (excluding diaryl/α,β-unsaturated/α-hetero) is 1. The summed E-state index contributed by atoms with van der Waals surface area (Å²) in [5.41, 5.74) is -0.104. The summed E-state index contributed by atoms with van der Waals surface area (Å²) < 4.78 is 20.2. The van der Waals surface area contributed by atoms with Crippen LogP contribution < -0.4 is 15.5 Å². The molecular formula is C24H26FN5O4. The van der Waals surface area contributed by atoms with E-state index < -0.39 is 35.6 Å². The number of nitriles is 1. The molecule has 178 valence electrons. The highest BCUT2D eigenvalue weighted by atomic mass is 19.1. The van der Waals surface area contributed by atoms with Crippen molar-refractivity contribution in [1.82, 2.24) is 4.98 Å². The van der Waals surface area contributed by atoms with E-state index in [2.05, 4.69) is 15.6 Å². The number of carbonyl (C=O) groups is 3. The highest BCUT2D eigenvalue weighted by Crippen LogP contribution is 2.33. The van der Waals surface area contributed by atoms with Gasteiger partial charge in [-0.05, 0) is 51.8 Å². The molecule has 2 N–H and O–H groups in total. The number of benzene rings is 1. The van der Waals surface area contributed by atoms with Gasteiger partial charge in [-0.2, -0.15) is 5.26 Å². The van der Waals surface area contributed by atoms with E-state index in [1.807, 2.05) is 11.0 Å². The van der Waals surface area contributed by atoms with Gasteiger partial charge in [-0.3, -0.25) is 14.9 Å². The smallest absolute Gasteiger partial charge is 0.412 e. The molecule has 0 spiro atoms. The first kappa shape index (κ1) is 24.6. The van der Waals surface area contributed by atoms with E-state index >= 15 is 0 Å². The topological polar surface area (TPSA) is 124 Å². The number of anilines is 3. The molecule has 2 amide bonds. The fourth-order valence-electron chi connectivity index (χ4n) is 3.49. The molecular weight excluding hydrogens is 441 g/mol. The summed E-state index contributed by atoms with van der Waals surface area (Å²) in [5, 5.41) is 14.0. The highest BCUT2D eigenvalue weighted by Gasteiger charge is 2.23. The number of pyridine rings is 1. The van der Waals surface area contributed by atoms with Crippen molar-refractivity contribution in [3.8, 4) is 6.07 Å². The molecule has 34 heavy (non-hydrogen) atoms. The standard InChI is InChI=1S/C24H26FN5O4/c1-24(2,3)34-23(33)29-19-12-20(30-8-4-5-9-30)17(25)11-18(19)28-22(32)13-21(31)15-6-7-27-16(10-15)14-26/h6-7,10-12H,4-5,8-9,13H2,1-3H3,(H,28,32)(H,29,33). The number of aromatic nitrogens is 1. The Balaban J connectivity index is 1.82. The van der Waals surface area contributed by atoms with E-state index in [1.54, 1.807) is 20.8 Å². The van der Waals surface area contributed by atoms with Crippen LogP contribution in [0.4, 0.5) is 26.2 Å². The van der Waals surface area contributed by atoms with Crippen molar-refractivity contribution >= 4 is 34.8 Å². The Kier molecular flexibility index (Phi) is 7.46. The van der Waals surface area contributed by atoms with Crippen LogP contribution in [0.3, 0.4) is 0 Å². The first-order valence-corrected chi connectivity index (χ1v) is 10.8. The van der Waals surface area contributed by atoms with Gasteiger partial charge in [-0.25, -0.2) is 14.2 Å². The lowest BCUT2D eigenvalue weighted by Gasteiger charge is -2.23. The molecule has 2 heterocycles. The zero-order valence-corrected chi connectivity index (χ0v) is 19.3. The van der Waals surface area contributed by atoms with Crippen LogP contribution in [0.15, 0.2) is 30.5 Å². The molecule has 0 bridgehead atoms. The lowest BCUT2D eigenvalue weighted by molar-refractivity contribution is -0.115. The number of amides is 2. The number of hydrogen-bond acceptors (Lipinski definition) is 7. The van der Waals surface area contributed by atoms with Crippen molar-refractivity contribution in [2.75, 3.05) is 28.6 Å². The Labute approximate surface area is 196 Å². The summed E-state index contributed by atoms with van der Waals surface area (Å²) in [6.07, 6.45) is 1.85. The normalized spacial score (nSPS) is 13.2. The molecule has 2 aromatic rings. The fraction of sp³-hybridized carbons (Fsp3) is 0.375. The van der Waals surface area contributed by atoms with Crippen molar-refractivity contribution in [1.29, 1.82) is 5.26 Å². The van der Waals surface area contributed by atoms with E-state index in [-0.39, 0.29) is 22.6 Å². The van der Waals surface area contributed by atoms with E-state index in [1.165, 1.54) is 24.4 Å². The van der Waals surface area contributed by atoms with Gasteiger partial charge in [0.1, 0.15) is 23.2 Å². The van der Waals surface area contributed by atoms with Gasteiger partial charge in [-0.1, -0.05) is 0 Å². The number of rotatable bonds is 6. The van der Waals surface area contributed by atoms with Crippen LogP contribution in [0.25, 0.3) is 0 Å². The second-order valence-corrected chi connectivity index (χ2v) is 8.86. The summed E-state index contributed by atoms with van der Waals surface area (Å²) in [6.45, 7) is 6.48. The molecule has 1 aromatic carbocycles. The summed E-state index contributed by atoms with van der Waals surface area (Å²) in [7, 11) is 0. The number of nitrogens with zero attached hydrogens (tertiary/aromatic N) is 3. The lowest BCUT2D eigenvalue weighted by Crippen LogP contribution is -2.28. The molecule has 1 aliphatic rings. The maximum absolute atomic E-state index is 14.9. The molecule has 1 aromatic heterocycles. The maximum Gasteiger partial charge on any atom is 0.412 e. The lowest BCUT2D eigenvalue weighted by atomic mass is 10.1. The number of hydrogen-bond donors (Lipinski definition) is 2. The van der Waals surface area contributed by atoms with Crippen molar-refractivity contribution in [3.05, 3.63) is 47.5 Å². The zero-order chi connectivity index (χ0) is 24.9. The molecule has 1 fully saturated rings. The molecule has 10 heteroatoms. The predicted octanol–water partition coefficient (Wildman–Crippen LogP) is 4.25. The summed E-state index contributed by atoms with van der Waals surface area (Å²) in [4.78, 5) is 43.1. The van der Waals surface area contributed by atoms with Gasteiger partial charge >= 0.3 is 6.09 Å². The molecule has 0 atom stereocenters. The molecule has 3 rings (SSSR count). The third-order valence-electron chi connectivity index (χ3n) is 4.96. The van der Waals surface area contributed by atoms with E-state index in [4.69, 9.17) is 10.00 Å². The Morgan fingerprint density at radius 2 is 1.82 bits per heavy atom. The van der Waals surface area contributed by atoms with Gasteiger partial charge < -0.3 is 15.0 Å². The molecule has 1 saturated heterocycles. The molecule has 0 unspecified atom stereocenters. The quantitative estimate of drug-likeness (QED) is 0.481. The second kappa shape index (κ2) is 10.3. The van der Waals surface area contributed by atoms with Crippen LogP contribution >= 0.6 is 0 Å². The van der Waals surface area contributed by atoms with Crippen molar-refractivity contribution in [2.24, 2.45) is 0 Å². The first-order valence-electron chi connectivity index (χ1n) is 10.8. The SMILES string of the molecule is CC(C)(C)OC(=O)Nc1cc(N2CCCC2)c(F)cc1NC(=O)CC(=O)c1ccnc(C#N)c1. The van der Waals surface area contributed by atoms with Gasteiger partial charge in [0, 0.05) is 30.9 Å². The van der Waals surface area contributed by atoms with Crippen LogP contribution in [0, 0.1) is 17.1 Å². The summed E-state index contributed by atoms with van der Waals surface area (Å²) in [6, 6.07) is 7.08. The number of ether oxygens (including phenoxy) is 1. The predicted molar refractivity (Wildman–Crippen MR) is 124 cm³/mol. The van der Waals surface area contributed by atoms with Crippen LogP contribution in [-0.2, 0) is 9.53 Å². The Hall–Kier alpha value is -4.00. The van der Waals surface area contributed by atoms with Gasteiger partial charge in [0.25, 0.3) is 0 Å². The van der Waals surface area contributed by atoms with Gasteiger partial charge in [-0.15, -0.1) is 0 Å². The first-order chi connectivity index (χ1) is 16.1. The third-order valence-corrected chi connectivity index (χ3v) is 4.96. The van der Waals surface area contributed by atoms with Gasteiger partial charge in [0.2, 0.25) is 5.91 Å². The van der Waals surface area contributed by atoms with Crippen molar-refractivity contribution in [2.45, 2.75) is 45.6 Å². The maximum atomic E-state index is 14.9. The van der Waals surface area contributed by atoms with Crippen LogP contribution in [0.2, 0.25) is 0 Å². The summed E-state index contributed by atoms with van der Waals surface area (Å²) in [5.74, 6) is -1.81. The average Bonchev–Trinajstić information content (AvgIpc) is 3.28. The van der Waals surface area contributed by atoms with E-state index in [9.17, 15) is 18.8 Å². The minimum atomic E-state index is -0.765.